The van der Waals surface area contributed by atoms with Crippen LogP contribution in [0.25, 0.3) is 22.0 Å². The molecule has 0 aliphatic heterocycles. The third-order valence-electron chi connectivity index (χ3n) is 3.64. The number of aromatic nitrogens is 1. The third-order valence-corrected chi connectivity index (χ3v) is 4.57. The molecule has 0 bridgehead atoms. The summed E-state index contributed by atoms with van der Waals surface area (Å²) >= 11 is 0. The first-order chi connectivity index (χ1) is 10.8. The van der Waals surface area contributed by atoms with Crippen LogP contribution in [-0.4, -0.2) is 24.5 Å². The summed E-state index contributed by atoms with van der Waals surface area (Å²) < 4.78 is 22.7. The fraction of sp³-hybridized carbons (Fsp3) is 0.0625. The van der Waals surface area contributed by atoms with Crippen LogP contribution in [-0.2, 0) is 10.0 Å². The fourth-order valence-corrected chi connectivity index (χ4v) is 3.10. The van der Waals surface area contributed by atoms with Gasteiger partial charge in [-0.05, 0) is 36.2 Å². The van der Waals surface area contributed by atoms with Crippen LogP contribution >= 0.6 is 0 Å². The highest BCUT2D eigenvalue weighted by Gasteiger charge is 2.19. The Bertz CT molecular complexity index is 1020. The van der Waals surface area contributed by atoms with Gasteiger partial charge in [0.15, 0.2) is 0 Å². The molecule has 23 heavy (non-hydrogen) atoms. The van der Waals surface area contributed by atoms with Gasteiger partial charge < -0.3 is 10.1 Å². The Morgan fingerprint density at radius 1 is 1.13 bits per heavy atom. The molecule has 0 atom stereocenters. The Labute approximate surface area is 132 Å². The van der Waals surface area contributed by atoms with Crippen molar-refractivity contribution >= 4 is 26.9 Å². The van der Waals surface area contributed by atoms with Crippen molar-refractivity contribution in [1.29, 1.82) is 0 Å². The number of aryl methyl sites for hydroxylation is 1. The number of carboxylic acids is 1. The van der Waals surface area contributed by atoms with Crippen LogP contribution in [0.5, 0.6) is 0 Å². The van der Waals surface area contributed by atoms with Gasteiger partial charge >= 0.3 is 5.97 Å². The average Bonchev–Trinajstić information content (AvgIpc) is 2.85. The van der Waals surface area contributed by atoms with Crippen molar-refractivity contribution in [3.8, 4) is 11.1 Å². The number of primary sulfonamides is 1. The molecule has 118 valence electrons. The van der Waals surface area contributed by atoms with E-state index in [9.17, 15) is 18.3 Å². The molecule has 0 radical (unpaired) electrons. The summed E-state index contributed by atoms with van der Waals surface area (Å²) in [5.41, 5.74) is 2.91. The lowest BCUT2D eigenvalue weighted by Gasteiger charge is -2.04. The standard InChI is InChI=1S/C16H14N2O4S/c1-9-2-7-12-13(8-9)18-15(16(19)20)14(12)10-3-5-11(6-4-10)23(17,21)22/h2-8,18H,1H3,(H,19,20)(H2,17,21,22). The van der Waals surface area contributed by atoms with Gasteiger partial charge in [-0.15, -0.1) is 0 Å². The predicted molar refractivity (Wildman–Crippen MR) is 86.8 cm³/mol. The minimum Gasteiger partial charge on any atom is -0.477 e. The van der Waals surface area contributed by atoms with E-state index in [1.165, 1.54) is 12.1 Å². The van der Waals surface area contributed by atoms with E-state index in [1.54, 1.807) is 12.1 Å². The van der Waals surface area contributed by atoms with Gasteiger partial charge in [0.1, 0.15) is 5.69 Å². The van der Waals surface area contributed by atoms with Crippen LogP contribution in [0.15, 0.2) is 47.4 Å². The monoisotopic (exact) mass is 330 g/mol. The van der Waals surface area contributed by atoms with Crippen molar-refractivity contribution in [3.05, 3.63) is 53.7 Å². The number of carboxylic acid groups (broad SMARTS) is 1. The van der Waals surface area contributed by atoms with E-state index in [1.807, 2.05) is 25.1 Å². The van der Waals surface area contributed by atoms with Gasteiger partial charge in [0, 0.05) is 16.5 Å². The van der Waals surface area contributed by atoms with Crippen LogP contribution in [0.1, 0.15) is 16.1 Å². The van der Waals surface area contributed by atoms with Gasteiger partial charge in [0.25, 0.3) is 0 Å². The van der Waals surface area contributed by atoms with Gasteiger partial charge in [0.2, 0.25) is 10.0 Å². The van der Waals surface area contributed by atoms with Crippen molar-refractivity contribution < 1.29 is 18.3 Å². The Balaban J connectivity index is 2.26. The summed E-state index contributed by atoms with van der Waals surface area (Å²) in [6, 6.07) is 11.4. The quantitative estimate of drug-likeness (QED) is 0.684. The molecule has 0 aliphatic carbocycles. The summed E-state index contributed by atoms with van der Waals surface area (Å²) in [6.07, 6.45) is 0. The molecular formula is C16H14N2O4S. The van der Waals surface area contributed by atoms with Gasteiger partial charge in [-0.3, -0.25) is 0 Å². The van der Waals surface area contributed by atoms with Crippen LogP contribution in [0, 0.1) is 6.92 Å². The van der Waals surface area contributed by atoms with Gasteiger partial charge in [-0.25, -0.2) is 18.4 Å². The second-order valence-corrected chi connectivity index (χ2v) is 6.86. The highest BCUT2D eigenvalue weighted by molar-refractivity contribution is 7.89. The number of aromatic amines is 1. The fourth-order valence-electron chi connectivity index (χ4n) is 2.58. The van der Waals surface area contributed by atoms with Crippen molar-refractivity contribution in [2.24, 2.45) is 5.14 Å². The van der Waals surface area contributed by atoms with Gasteiger partial charge in [0.05, 0.1) is 4.90 Å². The normalized spacial score (nSPS) is 11.7. The third kappa shape index (κ3) is 2.71. The Morgan fingerprint density at radius 2 is 1.78 bits per heavy atom. The second kappa shape index (κ2) is 5.22. The van der Waals surface area contributed by atoms with E-state index in [2.05, 4.69) is 4.98 Å². The molecule has 0 amide bonds. The zero-order chi connectivity index (χ0) is 16.8. The highest BCUT2D eigenvalue weighted by Crippen LogP contribution is 2.33. The minimum atomic E-state index is -3.79. The molecule has 0 saturated heterocycles. The van der Waals surface area contributed by atoms with Crippen LogP contribution in [0.2, 0.25) is 0 Å². The molecule has 1 heterocycles. The van der Waals surface area contributed by atoms with E-state index >= 15 is 0 Å². The first-order valence-corrected chi connectivity index (χ1v) is 8.31. The number of nitrogens with two attached hydrogens (primary N) is 1. The Kier molecular flexibility index (Phi) is 3.46. The van der Waals surface area contributed by atoms with Crippen molar-refractivity contribution in [2.45, 2.75) is 11.8 Å². The van der Waals surface area contributed by atoms with E-state index in [0.717, 1.165) is 10.9 Å². The zero-order valence-electron chi connectivity index (χ0n) is 12.2. The molecule has 0 unspecified atom stereocenters. The molecule has 6 nitrogen and oxygen atoms in total. The number of aromatic carboxylic acids is 1. The predicted octanol–water partition coefficient (Wildman–Crippen LogP) is 2.49. The van der Waals surface area contributed by atoms with Gasteiger partial charge in [-0.1, -0.05) is 24.3 Å². The molecular weight excluding hydrogens is 316 g/mol. The number of carbonyl (C=O) groups is 1. The molecule has 0 aliphatic rings. The highest BCUT2D eigenvalue weighted by atomic mass is 32.2. The number of fused-ring (bicyclic) bond motifs is 1. The Hall–Kier alpha value is -2.64. The minimum absolute atomic E-state index is 0.0196. The molecule has 4 N–H and O–H groups in total. The lowest BCUT2D eigenvalue weighted by atomic mass is 10.0. The molecule has 3 rings (SSSR count). The summed E-state index contributed by atoms with van der Waals surface area (Å²) in [7, 11) is -3.79. The van der Waals surface area contributed by atoms with Gasteiger partial charge in [-0.2, -0.15) is 0 Å². The van der Waals surface area contributed by atoms with Crippen molar-refractivity contribution in [1.82, 2.24) is 4.98 Å². The SMILES string of the molecule is Cc1ccc2c(-c3ccc(S(N)(=O)=O)cc3)c(C(=O)O)[nH]c2c1. The lowest BCUT2D eigenvalue weighted by Crippen LogP contribution is -2.11. The maximum atomic E-state index is 11.5. The van der Waals surface area contributed by atoms with E-state index < -0.39 is 16.0 Å². The number of nitrogens with one attached hydrogen (secondary N) is 1. The summed E-state index contributed by atoms with van der Waals surface area (Å²) in [5.74, 6) is -1.08. The Morgan fingerprint density at radius 3 is 2.35 bits per heavy atom. The lowest BCUT2D eigenvalue weighted by molar-refractivity contribution is 0.0692. The first-order valence-electron chi connectivity index (χ1n) is 6.76. The molecule has 3 aromatic rings. The van der Waals surface area contributed by atoms with Crippen LogP contribution in [0.4, 0.5) is 0 Å². The number of hydrogen-bond acceptors (Lipinski definition) is 3. The van der Waals surface area contributed by atoms with E-state index in [-0.39, 0.29) is 10.6 Å². The molecule has 1 aromatic heterocycles. The maximum absolute atomic E-state index is 11.5. The first kappa shape index (κ1) is 15.3. The van der Waals surface area contributed by atoms with E-state index in [0.29, 0.717) is 16.6 Å². The zero-order valence-corrected chi connectivity index (χ0v) is 13.0. The van der Waals surface area contributed by atoms with Crippen molar-refractivity contribution in [2.75, 3.05) is 0 Å². The molecule has 2 aromatic carbocycles. The number of hydrogen-bond donors (Lipinski definition) is 3. The van der Waals surface area contributed by atoms with Crippen LogP contribution in [0.3, 0.4) is 0 Å². The molecule has 0 spiro atoms. The summed E-state index contributed by atoms with van der Waals surface area (Å²) in [5, 5.41) is 15.3. The topological polar surface area (TPSA) is 113 Å². The largest absolute Gasteiger partial charge is 0.477 e. The second-order valence-electron chi connectivity index (χ2n) is 5.30. The number of sulfonamides is 1. The number of H-pyrrole nitrogens is 1. The van der Waals surface area contributed by atoms with E-state index in [4.69, 9.17) is 5.14 Å². The molecule has 0 saturated carbocycles. The van der Waals surface area contributed by atoms with Crippen molar-refractivity contribution in [3.63, 3.8) is 0 Å². The number of benzene rings is 2. The molecule has 0 fully saturated rings. The summed E-state index contributed by atoms with van der Waals surface area (Å²) in [4.78, 5) is 14.4. The number of rotatable bonds is 3. The average molecular weight is 330 g/mol. The molecule has 7 heteroatoms. The summed E-state index contributed by atoms with van der Waals surface area (Å²) in [6.45, 7) is 1.92. The van der Waals surface area contributed by atoms with Crippen LogP contribution < -0.4 is 5.14 Å². The maximum Gasteiger partial charge on any atom is 0.352 e. The smallest absolute Gasteiger partial charge is 0.352 e.